The largest absolute Gasteiger partial charge is 0.483 e. The van der Waals surface area contributed by atoms with Crippen molar-refractivity contribution in [2.75, 3.05) is 20.3 Å². The Bertz CT molecular complexity index is 1140. The number of para-hydroxylation sites is 2. The molecule has 2 N–H and O–H groups in total. The summed E-state index contributed by atoms with van der Waals surface area (Å²) in [5, 5.41) is 4.04. The maximum Gasteiger partial charge on any atom is 0.258 e. The molecule has 0 saturated carbocycles. The molecule has 4 aromatic rings. The zero-order chi connectivity index (χ0) is 21.8. The quantitative estimate of drug-likeness (QED) is 0.428. The van der Waals surface area contributed by atoms with E-state index in [4.69, 9.17) is 9.47 Å². The first-order valence-electron chi connectivity index (χ1n) is 10.5. The molecule has 7 nitrogen and oxygen atoms in total. The predicted molar refractivity (Wildman–Crippen MR) is 121 cm³/mol. The number of amides is 1. The molecule has 4 rings (SSSR count). The lowest BCUT2D eigenvalue weighted by Crippen LogP contribution is -2.35. The SMILES string of the molecule is COCCn1ccc2c(OCC(=O)N[C@@H](c3nc4ccccc4[nH]3)C(C)C)cccc21. The first kappa shape index (κ1) is 20.9. The van der Waals surface area contributed by atoms with E-state index in [9.17, 15) is 4.79 Å². The van der Waals surface area contributed by atoms with Crippen LogP contribution in [-0.2, 0) is 16.1 Å². The highest BCUT2D eigenvalue weighted by Gasteiger charge is 2.22. The summed E-state index contributed by atoms with van der Waals surface area (Å²) >= 11 is 0. The van der Waals surface area contributed by atoms with E-state index in [2.05, 4.69) is 33.7 Å². The third kappa shape index (κ3) is 4.56. The molecule has 0 aliphatic rings. The minimum absolute atomic E-state index is 0.0637. The third-order valence-corrected chi connectivity index (χ3v) is 5.35. The van der Waals surface area contributed by atoms with Gasteiger partial charge in [-0.15, -0.1) is 0 Å². The van der Waals surface area contributed by atoms with E-state index in [1.807, 2.05) is 54.7 Å². The number of carbonyl (C=O) groups is 1. The fraction of sp³-hybridized carbons (Fsp3) is 0.333. The van der Waals surface area contributed by atoms with Gasteiger partial charge in [0, 0.05) is 25.2 Å². The number of benzene rings is 2. The van der Waals surface area contributed by atoms with Gasteiger partial charge < -0.3 is 24.3 Å². The Morgan fingerprint density at radius 2 is 2.00 bits per heavy atom. The van der Waals surface area contributed by atoms with Crippen LogP contribution in [0.4, 0.5) is 0 Å². The van der Waals surface area contributed by atoms with E-state index in [0.29, 0.717) is 12.4 Å². The van der Waals surface area contributed by atoms with Gasteiger partial charge in [0.15, 0.2) is 6.61 Å². The maximum absolute atomic E-state index is 12.7. The first-order valence-corrected chi connectivity index (χ1v) is 10.5. The van der Waals surface area contributed by atoms with Crippen LogP contribution in [0.25, 0.3) is 21.9 Å². The molecule has 2 heterocycles. The number of hydrogen-bond acceptors (Lipinski definition) is 4. The van der Waals surface area contributed by atoms with Gasteiger partial charge in [-0.3, -0.25) is 4.79 Å². The first-order chi connectivity index (χ1) is 15.1. The van der Waals surface area contributed by atoms with Crippen molar-refractivity contribution in [3.63, 3.8) is 0 Å². The monoisotopic (exact) mass is 420 g/mol. The van der Waals surface area contributed by atoms with Gasteiger partial charge in [0.1, 0.15) is 11.6 Å². The summed E-state index contributed by atoms with van der Waals surface area (Å²) in [6, 6.07) is 15.5. The zero-order valence-electron chi connectivity index (χ0n) is 18.1. The highest BCUT2D eigenvalue weighted by molar-refractivity contribution is 5.87. The fourth-order valence-electron chi connectivity index (χ4n) is 3.73. The van der Waals surface area contributed by atoms with Gasteiger partial charge in [0.2, 0.25) is 0 Å². The van der Waals surface area contributed by atoms with E-state index in [-0.39, 0.29) is 24.5 Å². The Kier molecular flexibility index (Phi) is 6.23. The molecule has 2 aromatic carbocycles. The highest BCUT2D eigenvalue weighted by atomic mass is 16.5. The number of nitrogens with zero attached hydrogens (tertiary/aromatic N) is 2. The summed E-state index contributed by atoms with van der Waals surface area (Å²) in [5.74, 6) is 1.42. The van der Waals surface area contributed by atoms with Crippen LogP contribution in [0.3, 0.4) is 0 Å². The lowest BCUT2D eigenvalue weighted by atomic mass is 10.0. The average Bonchev–Trinajstić information content (AvgIpc) is 3.38. The van der Waals surface area contributed by atoms with Crippen molar-refractivity contribution in [3.05, 3.63) is 60.6 Å². The van der Waals surface area contributed by atoms with Crippen LogP contribution in [-0.4, -0.2) is 40.8 Å². The Balaban J connectivity index is 1.45. The van der Waals surface area contributed by atoms with Crippen molar-refractivity contribution in [1.82, 2.24) is 19.9 Å². The lowest BCUT2D eigenvalue weighted by molar-refractivity contribution is -0.124. The Hall–Kier alpha value is -3.32. The molecule has 31 heavy (non-hydrogen) atoms. The summed E-state index contributed by atoms with van der Waals surface area (Å²) in [6.45, 7) is 5.45. The van der Waals surface area contributed by atoms with E-state index in [1.165, 1.54) is 0 Å². The number of aromatic amines is 1. The summed E-state index contributed by atoms with van der Waals surface area (Å²) in [6.07, 6.45) is 2.01. The molecule has 0 spiro atoms. The molecule has 0 radical (unpaired) electrons. The molecule has 1 atom stereocenters. The Morgan fingerprint density at radius 3 is 2.77 bits per heavy atom. The molecule has 2 aromatic heterocycles. The molecule has 162 valence electrons. The van der Waals surface area contributed by atoms with Crippen LogP contribution in [0.1, 0.15) is 25.7 Å². The second-order valence-electron chi connectivity index (χ2n) is 7.91. The minimum Gasteiger partial charge on any atom is -0.483 e. The van der Waals surface area contributed by atoms with Gasteiger partial charge in [0.25, 0.3) is 5.91 Å². The summed E-state index contributed by atoms with van der Waals surface area (Å²) in [7, 11) is 1.69. The van der Waals surface area contributed by atoms with Gasteiger partial charge in [-0.1, -0.05) is 32.0 Å². The molecule has 0 aliphatic heterocycles. The van der Waals surface area contributed by atoms with Crippen molar-refractivity contribution >= 4 is 27.8 Å². The van der Waals surface area contributed by atoms with Crippen molar-refractivity contribution in [2.45, 2.75) is 26.4 Å². The topological polar surface area (TPSA) is 81.2 Å². The molecular weight excluding hydrogens is 392 g/mol. The zero-order valence-corrected chi connectivity index (χ0v) is 18.1. The van der Waals surface area contributed by atoms with Crippen LogP contribution in [0.5, 0.6) is 5.75 Å². The van der Waals surface area contributed by atoms with Gasteiger partial charge in [-0.25, -0.2) is 4.98 Å². The lowest BCUT2D eigenvalue weighted by Gasteiger charge is -2.20. The van der Waals surface area contributed by atoms with E-state index < -0.39 is 0 Å². The molecule has 0 unspecified atom stereocenters. The second-order valence-corrected chi connectivity index (χ2v) is 7.91. The number of aromatic nitrogens is 3. The predicted octanol–water partition coefficient (Wildman–Crippen LogP) is 4.06. The standard InChI is InChI=1S/C24H28N4O3/c1-16(2)23(24-25-18-7-4-5-8-19(18)26-24)27-22(29)15-31-21-10-6-9-20-17(21)11-12-28(20)13-14-30-3/h4-12,16,23H,13-15H2,1-3H3,(H,25,26)(H,27,29)/t23-/m1/s1. The summed E-state index contributed by atoms with van der Waals surface area (Å²) in [5.41, 5.74) is 2.90. The molecule has 0 bridgehead atoms. The molecule has 1 amide bonds. The number of hydrogen-bond donors (Lipinski definition) is 2. The van der Waals surface area contributed by atoms with Gasteiger partial charge in [0.05, 0.1) is 29.2 Å². The van der Waals surface area contributed by atoms with E-state index in [1.54, 1.807) is 7.11 Å². The summed E-state index contributed by atoms with van der Waals surface area (Å²) < 4.78 is 13.2. The number of nitrogens with one attached hydrogen (secondary N) is 2. The molecule has 7 heteroatoms. The van der Waals surface area contributed by atoms with Crippen molar-refractivity contribution in [3.8, 4) is 5.75 Å². The minimum atomic E-state index is -0.227. The number of fused-ring (bicyclic) bond motifs is 2. The average molecular weight is 421 g/mol. The number of rotatable bonds is 9. The molecule has 0 saturated heterocycles. The van der Waals surface area contributed by atoms with Crippen molar-refractivity contribution in [1.29, 1.82) is 0 Å². The van der Waals surface area contributed by atoms with Crippen molar-refractivity contribution < 1.29 is 14.3 Å². The normalized spacial score (nSPS) is 12.5. The molecule has 0 aliphatic carbocycles. The van der Waals surface area contributed by atoms with Crippen LogP contribution in [0.2, 0.25) is 0 Å². The number of H-pyrrole nitrogens is 1. The molecule has 0 fully saturated rings. The number of methoxy groups -OCH3 is 1. The van der Waals surface area contributed by atoms with Gasteiger partial charge >= 0.3 is 0 Å². The van der Waals surface area contributed by atoms with Crippen LogP contribution >= 0.6 is 0 Å². The van der Waals surface area contributed by atoms with Crippen LogP contribution < -0.4 is 10.1 Å². The van der Waals surface area contributed by atoms with Crippen LogP contribution in [0, 0.1) is 5.92 Å². The smallest absolute Gasteiger partial charge is 0.258 e. The van der Waals surface area contributed by atoms with Crippen LogP contribution in [0.15, 0.2) is 54.7 Å². The van der Waals surface area contributed by atoms with Gasteiger partial charge in [-0.05, 0) is 36.2 Å². The van der Waals surface area contributed by atoms with E-state index in [0.717, 1.165) is 34.3 Å². The van der Waals surface area contributed by atoms with Crippen molar-refractivity contribution in [2.24, 2.45) is 5.92 Å². The highest BCUT2D eigenvalue weighted by Crippen LogP contribution is 2.27. The Labute approximate surface area is 181 Å². The maximum atomic E-state index is 12.7. The molecular formula is C24H28N4O3. The van der Waals surface area contributed by atoms with Gasteiger partial charge in [-0.2, -0.15) is 0 Å². The number of carbonyl (C=O) groups excluding carboxylic acids is 1. The Morgan fingerprint density at radius 1 is 1.16 bits per heavy atom. The van der Waals surface area contributed by atoms with E-state index >= 15 is 0 Å². The fourth-order valence-corrected chi connectivity index (χ4v) is 3.73. The summed E-state index contributed by atoms with van der Waals surface area (Å²) in [4.78, 5) is 20.7. The second kappa shape index (κ2) is 9.22. The number of ether oxygens (including phenoxy) is 2. The third-order valence-electron chi connectivity index (χ3n) is 5.35. The number of imidazole rings is 1.